The van der Waals surface area contributed by atoms with Gasteiger partial charge in [-0.25, -0.2) is 9.97 Å². The van der Waals surface area contributed by atoms with E-state index in [0.717, 1.165) is 45.4 Å². The molecule has 136 valence electrons. The predicted molar refractivity (Wildman–Crippen MR) is 96.7 cm³/mol. The van der Waals surface area contributed by atoms with E-state index in [2.05, 4.69) is 20.3 Å². The molecule has 2 aliphatic rings. The van der Waals surface area contributed by atoms with Crippen LogP contribution in [-0.4, -0.2) is 57.1 Å². The average molecular weight is 353 g/mol. The smallest absolute Gasteiger partial charge is 0.253 e. The zero-order valence-corrected chi connectivity index (χ0v) is 14.7. The molecule has 0 saturated carbocycles. The van der Waals surface area contributed by atoms with Crippen LogP contribution in [0.1, 0.15) is 36.0 Å². The van der Waals surface area contributed by atoms with Gasteiger partial charge in [-0.05, 0) is 43.9 Å². The lowest BCUT2D eigenvalue weighted by molar-refractivity contribution is -0.110. The third-order valence-corrected chi connectivity index (χ3v) is 5.28. The molecule has 1 atom stereocenters. The van der Waals surface area contributed by atoms with E-state index in [1.54, 1.807) is 36.9 Å². The molecule has 1 spiro atoms. The van der Waals surface area contributed by atoms with E-state index in [9.17, 15) is 4.79 Å². The predicted octanol–water partition coefficient (Wildman–Crippen LogP) is 2.14. The van der Waals surface area contributed by atoms with Crippen LogP contribution in [0.2, 0.25) is 0 Å². The standard InChI is InChI=1S/C19H23N5O2/c25-17(15-2-9-20-10-3-15)24-11-5-19(6-12-24)14-16(4-13-26-19)23-18-21-7-1-8-22-18/h1-3,7-10,16H,4-6,11-14H2,(H,21,22,23). The van der Waals surface area contributed by atoms with Crippen LogP contribution in [0.25, 0.3) is 0 Å². The fourth-order valence-electron chi connectivity index (χ4n) is 3.85. The Morgan fingerprint density at radius 3 is 2.62 bits per heavy atom. The molecular formula is C19H23N5O2. The van der Waals surface area contributed by atoms with E-state index in [4.69, 9.17) is 4.74 Å². The summed E-state index contributed by atoms with van der Waals surface area (Å²) < 4.78 is 6.18. The van der Waals surface area contributed by atoms with Crippen molar-refractivity contribution in [2.75, 3.05) is 25.0 Å². The van der Waals surface area contributed by atoms with Crippen LogP contribution in [0.15, 0.2) is 43.0 Å². The SMILES string of the molecule is O=C(c1ccncc1)N1CCC2(CC1)CC(Nc1ncccn1)CCO2. The van der Waals surface area contributed by atoms with Gasteiger partial charge in [0.1, 0.15) is 0 Å². The van der Waals surface area contributed by atoms with Gasteiger partial charge in [0.25, 0.3) is 5.91 Å². The lowest BCUT2D eigenvalue weighted by Gasteiger charge is -2.46. The third-order valence-electron chi connectivity index (χ3n) is 5.28. The van der Waals surface area contributed by atoms with Crippen LogP contribution < -0.4 is 5.32 Å². The molecule has 2 aromatic rings. The quantitative estimate of drug-likeness (QED) is 0.911. The highest BCUT2D eigenvalue weighted by Gasteiger charge is 2.41. The fourth-order valence-corrected chi connectivity index (χ4v) is 3.85. The molecule has 2 saturated heterocycles. The van der Waals surface area contributed by atoms with E-state index in [1.165, 1.54) is 0 Å². The van der Waals surface area contributed by atoms with Crippen molar-refractivity contribution in [3.05, 3.63) is 48.5 Å². The van der Waals surface area contributed by atoms with Gasteiger partial charge in [0.05, 0.1) is 5.60 Å². The number of rotatable bonds is 3. The zero-order chi connectivity index (χ0) is 17.8. The highest BCUT2D eigenvalue weighted by atomic mass is 16.5. The molecule has 7 nitrogen and oxygen atoms in total. The van der Waals surface area contributed by atoms with Gasteiger partial charge in [-0.3, -0.25) is 9.78 Å². The summed E-state index contributed by atoms with van der Waals surface area (Å²) in [5.41, 5.74) is 0.543. The molecule has 0 bridgehead atoms. The second-order valence-electron chi connectivity index (χ2n) is 6.97. The van der Waals surface area contributed by atoms with E-state index < -0.39 is 0 Å². The highest BCUT2D eigenvalue weighted by molar-refractivity contribution is 5.94. The topological polar surface area (TPSA) is 80.2 Å². The maximum absolute atomic E-state index is 12.6. The maximum atomic E-state index is 12.6. The molecule has 2 aliphatic heterocycles. The zero-order valence-electron chi connectivity index (χ0n) is 14.7. The molecule has 1 N–H and O–H groups in total. The number of carbonyl (C=O) groups excluding carboxylic acids is 1. The van der Waals surface area contributed by atoms with Crippen LogP contribution in [-0.2, 0) is 4.74 Å². The van der Waals surface area contributed by atoms with Gasteiger partial charge in [-0.15, -0.1) is 0 Å². The first-order valence-corrected chi connectivity index (χ1v) is 9.11. The van der Waals surface area contributed by atoms with Crippen molar-refractivity contribution in [1.82, 2.24) is 19.9 Å². The summed E-state index contributed by atoms with van der Waals surface area (Å²) in [6.07, 6.45) is 10.4. The van der Waals surface area contributed by atoms with Gasteiger partial charge in [-0.2, -0.15) is 0 Å². The summed E-state index contributed by atoms with van der Waals surface area (Å²) in [6.45, 7) is 2.16. The Bertz CT molecular complexity index is 732. The number of amides is 1. The number of anilines is 1. The summed E-state index contributed by atoms with van der Waals surface area (Å²) in [7, 11) is 0. The molecule has 1 unspecified atom stereocenters. The average Bonchev–Trinajstić information content (AvgIpc) is 2.70. The van der Waals surface area contributed by atoms with Crippen LogP contribution in [0.4, 0.5) is 5.95 Å². The summed E-state index contributed by atoms with van der Waals surface area (Å²) in [6, 6.07) is 5.65. The first kappa shape index (κ1) is 16.9. The molecule has 2 aromatic heterocycles. The minimum atomic E-state index is -0.153. The normalized spacial score (nSPS) is 22.2. The molecule has 7 heteroatoms. The highest BCUT2D eigenvalue weighted by Crippen LogP contribution is 2.36. The van der Waals surface area contributed by atoms with Gasteiger partial charge in [0.2, 0.25) is 5.95 Å². The van der Waals surface area contributed by atoms with Gasteiger partial charge >= 0.3 is 0 Å². The van der Waals surface area contributed by atoms with Crippen LogP contribution in [0.3, 0.4) is 0 Å². The Morgan fingerprint density at radius 2 is 1.88 bits per heavy atom. The molecule has 0 aromatic carbocycles. The Labute approximate surface area is 152 Å². The third kappa shape index (κ3) is 3.67. The minimum Gasteiger partial charge on any atom is -0.375 e. The lowest BCUT2D eigenvalue weighted by atomic mass is 9.82. The molecule has 26 heavy (non-hydrogen) atoms. The molecule has 2 fully saturated rings. The van der Waals surface area contributed by atoms with Crippen LogP contribution in [0, 0.1) is 0 Å². The molecule has 4 heterocycles. The summed E-state index contributed by atoms with van der Waals surface area (Å²) in [4.78, 5) is 27.0. The van der Waals surface area contributed by atoms with Crippen molar-refractivity contribution in [3.63, 3.8) is 0 Å². The second-order valence-corrected chi connectivity index (χ2v) is 6.97. The summed E-state index contributed by atoms with van der Waals surface area (Å²) >= 11 is 0. The van der Waals surface area contributed by atoms with Crippen LogP contribution in [0.5, 0.6) is 0 Å². The monoisotopic (exact) mass is 353 g/mol. The minimum absolute atomic E-state index is 0.0745. The first-order chi connectivity index (χ1) is 12.7. The van der Waals surface area contributed by atoms with E-state index in [0.29, 0.717) is 17.6 Å². The van der Waals surface area contributed by atoms with Crippen molar-refractivity contribution in [3.8, 4) is 0 Å². The fraction of sp³-hybridized carbons (Fsp3) is 0.474. The molecule has 0 radical (unpaired) electrons. The Hall–Kier alpha value is -2.54. The van der Waals surface area contributed by atoms with Crippen molar-refractivity contribution < 1.29 is 9.53 Å². The number of hydrogen-bond donors (Lipinski definition) is 1. The van der Waals surface area contributed by atoms with Crippen molar-refractivity contribution in [1.29, 1.82) is 0 Å². The molecular weight excluding hydrogens is 330 g/mol. The number of ether oxygens (including phenoxy) is 1. The number of aromatic nitrogens is 3. The number of pyridine rings is 1. The molecule has 4 rings (SSSR count). The largest absolute Gasteiger partial charge is 0.375 e. The Kier molecular flexibility index (Phi) is 4.79. The molecule has 0 aliphatic carbocycles. The van der Waals surface area contributed by atoms with Gasteiger partial charge in [0, 0.05) is 56.1 Å². The van der Waals surface area contributed by atoms with E-state index in [1.807, 2.05) is 11.0 Å². The summed E-state index contributed by atoms with van der Waals surface area (Å²) in [5, 5.41) is 3.42. The second kappa shape index (κ2) is 7.37. The van der Waals surface area contributed by atoms with Gasteiger partial charge < -0.3 is 15.0 Å². The Morgan fingerprint density at radius 1 is 1.15 bits per heavy atom. The lowest BCUT2D eigenvalue weighted by Crippen LogP contribution is -2.52. The Balaban J connectivity index is 1.36. The molecule has 1 amide bonds. The van der Waals surface area contributed by atoms with Crippen LogP contribution >= 0.6 is 0 Å². The number of nitrogens with zero attached hydrogens (tertiary/aromatic N) is 4. The number of carbonyl (C=O) groups is 1. The van der Waals surface area contributed by atoms with Crippen molar-refractivity contribution in [2.24, 2.45) is 0 Å². The number of piperidine rings is 1. The van der Waals surface area contributed by atoms with Gasteiger partial charge in [0.15, 0.2) is 0 Å². The van der Waals surface area contributed by atoms with E-state index >= 15 is 0 Å². The van der Waals surface area contributed by atoms with Gasteiger partial charge in [-0.1, -0.05) is 0 Å². The van der Waals surface area contributed by atoms with Crippen molar-refractivity contribution in [2.45, 2.75) is 37.3 Å². The first-order valence-electron chi connectivity index (χ1n) is 9.11. The van der Waals surface area contributed by atoms with Crippen molar-refractivity contribution >= 4 is 11.9 Å². The number of likely N-dealkylation sites (tertiary alicyclic amines) is 1. The van der Waals surface area contributed by atoms with E-state index in [-0.39, 0.29) is 11.5 Å². The summed E-state index contributed by atoms with van der Waals surface area (Å²) in [5.74, 6) is 0.741. The maximum Gasteiger partial charge on any atom is 0.253 e. The number of hydrogen-bond acceptors (Lipinski definition) is 6. The number of nitrogens with one attached hydrogen (secondary N) is 1.